The Morgan fingerprint density at radius 1 is 1.22 bits per heavy atom. The normalized spacial score (nSPS) is 21.0. The second-order valence-electron chi connectivity index (χ2n) is 8.13. The van der Waals surface area contributed by atoms with Crippen molar-refractivity contribution in [3.05, 3.63) is 35.4 Å². The average Bonchev–Trinajstić information content (AvgIpc) is 3.25. The van der Waals surface area contributed by atoms with Crippen molar-refractivity contribution in [3.8, 4) is 0 Å². The highest BCUT2D eigenvalue weighted by Crippen LogP contribution is 2.38. The van der Waals surface area contributed by atoms with Gasteiger partial charge in [0.2, 0.25) is 5.91 Å². The van der Waals surface area contributed by atoms with E-state index in [1.54, 1.807) is 0 Å². The first-order valence-corrected chi connectivity index (χ1v) is 9.09. The SMILES string of the molecule is CC(C)(C(=O)NC1CCCCC1)c1ccccc1CC1(N)CC1. The van der Waals surface area contributed by atoms with Gasteiger partial charge in [-0.25, -0.2) is 0 Å². The van der Waals surface area contributed by atoms with Crippen molar-refractivity contribution in [3.63, 3.8) is 0 Å². The highest BCUT2D eigenvalue weighted by molar-refractivity contribution is 5.88. The summed E-state index contributed by atoms with van der Waals surface area (Å²) in [5.41, 5.74) is 8.13. The number of hydrogen-bond acceptors (Lipinski definition) is 2. The van der Waals surface area contributed by atoms with Crippen LogP contribution in [-0.2, 0) is 16.6 Å². The smallest absolute Gasteiger partial charge is 0.230 e. The summed E-state index contributed by atoms with van der Waals surface area (Å²) in [6.07, 6.45) is 9.08. The zero-order valence-corrected chi connectivity index (χ0v) is 14.5. The maximum Gasteiger partial charge on any atom is 0.230 e. The number of nitrogens with one attached hydrogen (secondary N) is 1. The molecule has 1 aromatic rings. The van der Waals surface area contributed by atoms with Gasteiger partial charge in [0.05, 0.1) is 5.41 Å². The van der Waals surface area contributed by atoms with Gasteiger partial charge in [-0.05, 0) is 57.1 Å². The summed E-state index contributed by atoms with van der Waals surface area (Å²) < 4.78 is 0. The van der Waals surface area contributed by atoms with E-state index in [1.165, 1.54) is 24.8 Å². The number of hydrogen-bond donors (Lipinski definition) is 2. The minimum absolute atomic E-state index is 0.0357. The standard InChI is InChI=1S/C20H30N2O/c1-19(2,18(23)22-16-9-4-3-5-10-16)17-11-7-6-8-15(17)14-20(21)12-13-20/h6-8,11,16H,3-5,9-10,12-14,21H2,1-2H3,(H,22,23). The van der Waals surface area contributed by atoms with E-state index in [0.29, 0.717) is 6.04 Å². The molecule has 1 aromatic carbocycles. The van der Waals surface area contributed by atoms with Crippen molar-refractivity contribution >= 4 is 5.91 Å². The molecular weight excluding hydrogens is 284 g/mol. The molecule has 126 valence electrons. The fourth-order valence-electron chi connectivity index (χ4n) is 3.74. The van der Waals surface area contributed by atoms with Crippen molar-refractivity contribution < 1.29 is 4.79 Å². The Hall–Kier alpha value is -1.35. The van der Waals surface area contributed by atoms with Gasteiger partial charge < -0.3 is 11.1 Å². The number of nitrogens with two attached hydrogens (primary N) is 1. The topological polar surface area (TPSA) is 55.1 Å². The van der Waals surface area contributed by atoms with E-state index in [1.807, 2.05) is 19.9 Å². The minimum atomic E-state index is -0.515. The molecule has 1 amide bonds. The third-order valence-corrected chi connectivity index (χ3v) is 5.63. The number of amides is 1. The molecule has 23 heavy (non-hydrogen) atoms. The second kappa shape index (κ2) is 6.27. The molecule has 0 aromatic heterocycles. The fraction of sp³-hybridized carbons (Fsp3) is 0.650. The van der Waals surface area contributed by atoms with E-state index in [4.69, 9.17) is 5.73 Å². The summed E-state index contributed by atoms with van der Waals surface area (Å²) in [5.74, 6) is 0.152. The molecule has 3 rings (SSSR count). The largest absolute Gasteiger partial charge is 0.353 e. The molecule has 3 nitrogen and oxygen atoms in total. The summed E-state index contributed by atoms with van der Waals surface area (Å²) in [7, 11) is 0. The molecule has 3 N–H and O–H groups in total. The molecule has 0 spiro atoms. The summed E-state index contributed by atoms with van der Waals surface area (Å²) in [4.78, 5) is 12.9. The molecule has 0 aliphatic heterocycles. The van der Waals surface area contributed by atoms with Gasteiger partial charge in [0, 0.05) is 11.6 Å². The average molecular weight is 314 g/mol. The molecule has 0 heterocycles. The van der Waals surface area contributed by atoms with Gasteiger partial charge in [-0.3, -0.25) is 4.79 Å². The summed E-state index contributed by atoms with van der Waals surface area (Å²) >= 11 is 0. The number of rotatable bonds is 5. The van der Waals surface area contributed by atoms with Crippen LogP contribution < -0.4 is 11.1 Å². The lowest BCUT2D eigenvalue weighted by molar-refractivity contribution is -0.126. The van der Waals surface area contributed by atoms with Crippen LogP contribution in [0, 0.1) is 0 Å². The van der Waals surface area contributed by atoms with E-state index >= 15 is 0 Å². The van der Waals surface area contributed by atoms with Gasteiger partial charge in [0.15, 0.2) is 0 Å². The lowest BCUT2D eigenvalue weighted by Gasteiger charge is -2.31. The number of carbonyl (C=O) groups is 1. The second-order valence-corrected chi connectivity index (χ2v) is 8.13. The van der Waals surface area contributed by atoms with Crippen LogP contribution in [0.25, 0.3) is 0 Å². The molecule has 3 heteroatoms. The van der Waals surface area contributed by atoms with Crippen molar-refractivity contribution in [2.24, 2.45) is 5.73 Å². The Labute approximate surface area is 140 Å². The predicted molar refractivity (Wildman–Crippen MR) is 94.3 cm³/mol. The van der Waals surface area contributed by atoms with Crippen LogP contribution >= 0.6 is 0 Å². The van der Waals surface area contributed by atoms with Gasteiger partial charge >= 0.3 is 0 Å². The lowest BCUT2D eigenvalue weighted by atomic mass is 9.79. The van der Waals surface area contributed by atoms with Crippen molar-refractivity contribution in [2.45, 2.75) is 82.2 Å². The molecule has 0 bridgehead atoms. The molecule has 2 saturated carbocycles. The van der Waals surface area contributed by atoms with E-state index in [-0.39, 0.29) is 11.4 Å². The van der Waals surface area contributed by atoms with Crippen LogP contribution in [0.5, 0.6) is 0 Å². The maximum absolute atomic E-state index is 12.9. The summed E-state index contributed by atoms with van der Waals surface area (Å²) in [6.45, 7) is 4.08. The van der Waals surface area contributed by atoms with Gasteiger partial charge in [-0.1, -0.05) is 43.5 Å². The summed E-state index contributed by atoms with van der Waals surface area (Å²) in [5, 5.41) is 3.29. The number of carbonyl (C=O) groups excluding carboxylic acids is 1. The minimum Gasteiger partial charge on any atom is -0.353 e. The zero-order chi connectivity index (χ0) is 16.5. The van der Waals surface area contributed by atoms with E-state index in [2.05, 4.69) is 23.5 Å². The maximum atomic E-state index is 12.9. The predicted octanol–water partition coefficient (Wildman–Crippen LogP) is 3.45. The van der Waals surface area contributed by atoms with Crippen LogP contribution in [0.3, 0.4) is 0 Å². The van der Waals surface area contributed by atoms with Crippen LogP contribution in [-0.4, -0.2) is 17.5 Å². The molecule has 0 unspecified atom stereocenters. The van der Waals surface area contributed by atoms with E-state index in [9.17, 15) is 4.79 Å². The highest BCUT2D eigenvalue weighted by Gasteiger charge is 2.40. The molecule has 2 aliphatic carbocycles. The van der Waals surface area contributed by atoms with Crippen LogP contribution in [0.2, 0.25) is 0 Å². The van der Waals surface area contributed by atoms with Crippen molar-refractivity contribution in [2.75, 3.05) is 0 Å². The lowest BCUT2D eigenvalue weighted by Crippen LogP contribution is -2.46. The fourth-order valence-corrected chi connectivity index (χ4v) is 3.74. The van der Waals surface area contributed by atoms with Gasteiger partial charge in [0.25, 0.3) is 0 Å². The first kappa shape index (κ1) is 16.5. The third kappa shape index (κ3) is 3.77. The zero-order valence-electron chi connectivity index (χ0n) is 14.5. The summed E-state index contributed by atoms with van der Waals surface area (Å²) in [6, 6.07) is 8.68. The van der Waals surface area contributed by atoms with Crippen LogP contribution in [0.15, 0.2) is 24.3 Å². The Bertz CT molecular complexity index is 569. The van der Waals surface area contributed by atoms with Crippen LogP contribution in [0.1, 0.15) is 69.9 Å². The van der Waals surface area contributed by atoms with Crippen LogP contribution in [0.4, 0.5) is 0 Å². The monoisotopic (exact) mass is 314 g/mol. The quantitative estimate of drug-likeness (QED) is 0.874. The molecular formula is C20H30N2O. The Morgan fingerprint density at radius 3 is 2.52 bits per heavy atom. The van der Waals surface area contributed by atoms with Crippen molar-refractivity contribution in [1.82, 2.24) is 5.32 Å². The van der Waals surface area contributed by atoms with Gasteiger partial charge in [-0.2, -0.15) is 0 Å². The first-order valence-electron chi connectivity index (χ1n) is 9.09. The third-order valence-electron chi connectivity index (χ3n) is 5.63. The molecule has 0 saturated heterocycles. The van der Waals surface area contributed by atoms with E-state index in [0.717, 1.165) is 37.7 Å². The number of benzene rings is 1. The molecule has 2 fully saturated rings. The van der Waals surface area contributed by atoms with Gasteiger partial charge in [-0.15, -0.1) is 0 Å². The molecule has 0 atom stereocenters. The van der Waals surface area contributed by atoms with Crippen molar-refractivity contribution in [1.29, 1.82) is 0 Å². The highest BCUT2D eigenvalue weighted by atomic mass is 16.2. The Morgan fingerprint density at radius 2 is 1.87 bits per heavy atom. The molecule has 2 aliphatic rings. The van der Waals surface area contributed by atoms with E-state index < -0.39 is 5.41 Å². The molecule has 0 radical (unpaired) electrons. The Balaban J connectivity index is 1.76. The Kier molecular flexibility index (Phi) is 4.50. The van der Waals surface area contributed by atoms with Gasteiger partial charge in [0.1, 0.15) is 0 Å². The first-order chi connectivity index (χ1) is 10.9.